The second-order valence-corrected chi connectivity index (χ2v) is 6.01. The van der Waals surface area contributed by atoms with Crippen LogP contribution in [-0.2, 0) is 16.4 Å². The van der Waals surface area contributed by atoms with Crippen LogP contribution in [0.1, 0.15) is 18.4 Å². The van der Waals surface area contributed by atoms with E-state index < -0.39 is 10.0 Å². The van der Waals surface area contributed by atoms with Gasteiger partial charge in [0.25, 0.3) is 0 Å². The molecule has 0 aliphatic carbocycles. The van der Waals surface area contributed by atoms with E-state index in [1.165, 1.54) is 16.6 Å². The molecule has 16 heavy (non-hydrogen) atoms. The summed E-state index contributed by atoms with van der Waals surface area (Å²) in [5.41, 5.74) is 1.61. The van der Waals surface area contributed by atoms with Crippen LogP contribution < -0.4 is 4.31 Å². The molecular formula is C11H15NO3S. The van der Waals surface area contributed by atoms with E-state index in [-0.39, 0.29) is 5.75 Å². The number of benzene rings is 1. The van der Waals surface area contributed by atoms with Crippen molar-refractivity contribution < 1.29 is 13.5 Å². The lowest BCUT2D eigenvalue weighted by Gasteiger charge is -2.22. The Kier molecular flexibility index (Phi) is 2.80. The van der Waals surface area contributed by atoms with E-state index in [1.807, 2.05) is 0 Å². The lowest BCUT2D eigenvalue weighted by molar-refractivity contribution is 0.474. The summed E-state index contributed by atoms with van der Waals surface area (Å²) in [5.74, 6) is 0.189. The largest absolute Gasteiger partial charge is 0.508 e. The van der Waals surface area contributed by atoms with E-state index in [1.54, 1.807) is 12.1 Å². The number of rotatable bonds is 1. The van der Waals surface area contributed by atoms with Crippen LogP contribution in [0.2, 0.25) is 0 Å². The molecule has 0 radical (unpaired) electrons. The minimum Gasteiger partial charge on any atom is -0.508 e. The quantitative estimate of drug-likeness (QED) is 0.810. The molecule has 0 saturated carbocycles. The van der Waals surface area contributed by atoms with Crippen LogP contribution in [0.4, 0.5) is 5.69 Å². The summed E-state index contributed by atoms with van der Waals surface area (Å²) in [6, 6.07) is 4.86. The molecule has 88 valence electrons. The number of fused-ring (bicyclic) bond motifs is 1. The summed E-state index contributed by atoms with van der Waals surface area (Å²) >= 11 is 0. The number of aromatic hydroxyl groups is 1. The summed E-state index contributed by atoms with van der Waals surface area (Å²) in [4.78, 5) is 0. The maximum absolute atomic E-state index is 11.7. The van der Waals surface area contributed by atoms with Gasteiger partial charge in [-0.3, -0.25) is 4.31 Å². The van der Waals surface area contributed by atoms with Crippen LogP contribution >= 0.6 is 0 Å². The summed E-state index contributed by atoms with van der Waals surface area (Å²) < 4.78 is 24.7. The van der Waals surface area contributed by atoms with Crippen LogP contribution in [0.5, 0.6) is 5.75 Å². The van der Waals surface area contributed by atoms with Gasteiger partial charge in [0.05, 0.1) is 11.9 Å². The molecule has 1 aliphatic heterocycles. The van der Waals surface area contributed by atoms with Gasteiger partial charge < -0.3 is 5.11 Å². The zero-order valence-corrected chi connectivity index (χ0v) is 10.00. The Labute approximate surface area is 95.6 Å². The van der Waals surface area contributed by atoms with Crippen molar-refractivity contribution in [1.29, 1.82) is 0 Å². The fraction of sp³-hybridized carbons (Fsp3) is 0.455. The smallest absolute Gasteiger partial charge is 0.232 e. The van der Waals surface area contributed by atoms with Gasteiger partial charge in [0, 0.05) is 6.54 Å². The van der Waals surface area contributed by atoms with Crippen LogP contribution in [0.15, 0.2) is 18.2 Å². The monoisotopic (exact) mass is 241 g/mol. The maximum Gasteiger partial charge on any atom is 0.232 e. The van der Waals surface area contributed by atoms with E-state index >= 15 is 0 Å². The first kappa shape index (κ1) is 11.3. The molecule has 2 rings (SSSR count). The lowest BCUT2D eigenvalue weighted by Crippen LogP contribution is -2.30. The molecule has 1 aliphatic rings. The first-order chi connectivity index (χ1) is 7.48. The number of aryl methyl sites for hydroxylation is 1. The van der Waals surface area contributed by atoms with E-state index in [0.717, 1.165) is 24.8 Å². The number of phenols is 1. The second kappa shape index (κ2) is 3.97. The summed E-state index contributed by atoms with van der Waals surface area (Å²) in [5, 5.41) is 9.40. The highest BCUT2D eigenvalue weighted by Gasteiger charge is 2.22. The van der Waals surface area contributed by atoms with E-state index in [0.29, 0.717) is 12.2 Å². The third kappa shape index (κ3) is 2.14. The Balaban J connectivity index is 2.53. The van der Waals surface area contributed by atoms with Gasteiger partial charge in [-0.05, 0) is 43.0 Å². The van der Waals surface area contributed by atoms with Crippen molar-refractivity contribution in [3.05, 3.63) is 23.8 Å². The van der Waals surface area contributed by atoms with Gasteiger partial charge in [0.2, 0.25) is 10.0 Å². The number of sulfonamides is 1. The number of hydrogen-bond donors (Lipinski definition) is 1. The molecule has 0 fully saturated rings. The van der Waals surface area contributed by atoms with Crippen LogP contribution in [0.3, 0.4) is 0 Å². The Morgan fingerprint density at radius 3 is 2.75 bits per heavy atom. The fourth-order valence-electron chi connectivity index (χ4n) is 2.05. The van der Waals surface area contributed by atoms with Crippen molar-refractivity contribution in [3.8, 4) is 5.75 Å². The van der Waals surface area contributed by atoms with Gasteiger partial charge in [-0.2, -0.15) is 0 Å². The van der Waals surface area contributed by atoms with Crippen LogP contribution in [0, 0.1) is 0 Å². The Morgan fingerprint density at radius 1 is 1.31 bits per heavy atom. The highest BCUT2D eigenvalue weighted by Crippen LogP contribution is 2.30. The molecule has 1 N–H and O–H groups in total. The van der Waals surface area contributed by atoms with Crippen molar-refractivity contribution in [3.63, 3.8) is 0 Å². The number of anilines is 1. The lowest BCUT2D eigenvalue weighted by atomic mass is 10.1. The summed E-state index contributed by atoms with van der Waals surface area (Å²) in [6.07, 6.45) is 3.83. The van der Waals surface area contributed by atoms with Crippen molar-refractivity contribution in [2.45, 2.75) is 19.3 Å². The van der Waals surface area contributed by atoms with Crippen LogP contribution in [0.25, 0.3) is 0 Å². The van der Waals surface area contributed by atoms with Crippen LogP contribution in [-0.4, -0.2) is 26.3 Å². The molecule has 0 unspecified atom stereocenters. The highest BCUT2D eigenvalue weighted by atomic mass is 32.2. The molecule has 1 heterocycles. The predicted molar refractivity (Wildman–Crippen MR) is 63.2 cm³/mol. The first-order valence-corrected chi connectivity index (χ1v) is 7.13. The Bertz CT molecular complexity index is 496. The minimum atomic E-state index is -3.22. The van der Waals surface area contributed by atoms with Gasteiger partial charge in [0.15, 0.2) is 0 Å². The highest BCUT2D eigenvalue weighted by molar-refractivity contribution is 7.92. The Morgan fingerprint density at radius 2 is 2.06 bits per heavy atom. The van der Waals surface area contributed by atoms with Gasteiger partial charge in [-0.15, -0.1) is 0 Å². The van der Waals surface area contributed by atoms with E-state index in [9.17, 15) is 13.5 Å². The molecule has 0 bridgehead atoms. The van der Waals surface area contributed by atoms with Gasteiger partial charge >= 0.3 is 0 Å². The summed E-state index contributed by atoms with van der Waals surface area (Å²) in [7, 11) is -3.22. The molecule has 1 aromatic rings. The predicted octanol–water partition coefficient (Wildman–Crippen LogP) is 1.49. The third-order valence-corrected chi connectivity index (χ3v) is 3.97. The van der Waals surface area contributed by atoms with Crippen molar-refractivity contribution >= 4 is 15.7 Å². The van der Waals surface area contributed by atoms with Crippen molar-refractivity contribution in [1.82, 2.24) is 0 Å². The molecule has 0 spiro atoms. The molecule has 1 aromatic carbocycles. The minimum absolute atomic E-state index is 0.189. The molecule has 0 amide bonds. The standard InChI is InChI=1S/C11H15NO3S/c1-16(14,15)12-7-3-2-4-9-8-10(13)5-6-11(9)12/h5-6,8,13H,2-4,7H2,1H3. The van der Waals surface area contributed by atoms with Gasteiger partial charge in [-0.25, -0.2) is 8.42 Å². The number of nitrogens with zero attached hydrogens (tertiary/aromatic N) is 1. The molecular weight excluding hydrogens is 226 g/mol. The summed E-state index contributed by atoms with van der Waals surface area (Å²) in [6.45, 7) is 0.524. The average Bonchev–Trinajstić information content (AvgIpc) is 2.38. The number of phenolic OH excluding ortho intramolecular Hbond substituents is 1. The number of hydrogen-bond acceptors (Lipinski definition) is 3. The topological polar surface area (TPSA) is 57.6 Å². The van der Waals surface area contributed by atoms with Crippen molar-refractivity contribution in [2.24, 2.45) is 0 Å². The first-order valence-electron chi connectivity index (χ1n) is 5.28. The molecule has 0 atom stereocenters. The Hall–Kier alpha value is -1.23. The SMILES string of the molecule is CS(=O)(=O)N1CCCCc2cc(O)ccc21. The van der Waals surface area contributed by atoms with Gasteiger partial charge in [0.1, 0.15) is 5.75 Å². The molecule has 0 saturated heterocycles. The van der Waals surface area contributed by atoms with E-state index in [2.05, 4.69) is 0 Å². The van der Waals surface area contributed by atoms with E-state index in [4.69, 9.17) is 0 Å². The maximum atomic E-state index is 11.7. The fourth-order valence-corrected chi connectivity index (χ4v) is 3.05. The molecule has 4 nitrogen and oxygen atoms in total. The third-order valence-electron chi connectivity index (χ3n) is 2.79. The second-order valence-electron chi connectivity index (χ2n) is 4.11. The average molecular weight is 241 g/mol. The molecule has 5 heteroatoms. The zero-order chi connectivity index (χ0) is 11.8. The zero-order valence-electron chi connectivity index (χ0n) is 9.18. The normalized spacial score (nSPS) is 16.7. The van der Waals surface area contributed by atoms with Gasteiger partial charge in [-0.1, -0.05) is 0 Å². The molecule has 0 aromatic heterocycles. The van der Waals surface area contributed by atoms with Crippen molar-refractivity contribution in [2.75, 3.05) is 17.1 Å².